The molecule has 1 aromatic carbocycles. The largest absolute Gasteiger partial charge is 0.467 e. The van der Waals surface area contributed by atoms with Gasteiger partial charge in [-0.05, 0) is 24.6 Å². The summed E-state index contributed by atoms with van der Waals surface area (Å²) in [6.07, 6.45) is 0.263. The van der Waals surface area contributed by atoms with Crippen molar-refractivity contribution in [2.45, 2.75) is 19.4 Å². The molecule has 110 valence electrons. The highest BCUT2D eigenvalue weighted by Crippen LogP contribution is 2.17. The molecule has 0 aliphatic carbocycles. The lowest BCUT2D eigenvalue weighted by atomic mass is 10.1. The molecule has 0 spiro atoms. The molecule has 21 heavy (non-hydrogen) atoms. The van der Waals surface area contributed by atoms with Gasteiger partial charge in [0.15, 0.2) is 6.04 Å². The molecule has 0 bridgehead atoms. The van der Waals surface area contributed by atoms with Crippen molar-refractivity contribution in [3.63, 3.8) is 0 Å². The summed E-state index contributed by atoms with van der Waals surface area (Å²) in [7, 11) is 1.31. The second-order valence-electron chi connectivity index (χ2n) is 4.62. The van der Waals surface area contributed by atoms with E-state index in [1.807, 2.05) is 37.3 Å². The number of methoxy groups -OCH3 is 1. The summed E-state index contributed by atoms with van der Waals surface area (Å²) in [5, 5.41) is 2.73. The van der Waals surface area contributed by atoms with Crippen molar-refractivity contribution in [3.8, 4) is 0 Å². The smallest absolute Gasteiger partial charge is 0.333 e. The number of thiophene rings is 1. The Morgan fingerprint density at radius 2 is 1.90 bits per heavy atom. The maximum Gasteiger partial charge on any atom is 0.333 e. The summed E-state index contributed by atoms with van der Waals surface area (Å²) in [5.74, 6) is -0.673. The molecule has 1 amide bonds. The van der Waals surface area contributed by atoms with Crippen LogP contribution in [0.5, 0.6) is 0 Å². The number of carbonyl (C=O) groups is 2. The van der Waals surface area contributed by atoms with Crippen LogP contribution in [0.4, 0.5) is 0 Å². The Morgan fingerprint density at radius 1 is 1.19 bits per heavy atom. The molecule has 0 saturated carbocycles. The molecule has 2 rings (SSSR count). The van der Waals surface area contributed by atoms with Gasteiger partial charge in [-0.15, -0.1) is 11.3 Å². The van der Waals surface area contributed by atoms with Crippen molar-refractivity contribution in [2.24, 2.45) is 0 Å². The van der Waals surface area contributed by atoms with E-state index in [-0.39, 0.29) is 12.3 Å². The van der Waals surface area contributed by atoms with Gasteiger partial charge in [0.25, 0.3) is 0 Å². The van der Waals surface area contributed by atoms with Crippen LogP contribution in [0, 0.1) is 6.92 Å². The minimum Gasteiger partial charge on any atom is -0.467 e. The maximum absolute atomic E-state index is 12.1. The van der Waals surface area contributed by atoms with Gasteiger partial charge in [0.2, 0.25) is 5.91 Å². The fourth-order valence-electron chi connectivity index (χ4n) is 1.99. The third kappa shape index (κ3) is 4.16. The van der Waals surface area contributed by atoms with Crippen molar-refractivity contribution in [1.82, 2.24) is 5.32 Å². The molecule has 1 N–H and O–H groups in total. The number of amides is 1. The number of hydrogen-bond acceptors (Lipinski definition) is 4. The first-order chi connectivity index (χ1) is 10.1. The van der Waals surface area contributed by atoms with Gasteiger partial charge in [0.1, 0.15) is 0 Å². The van der Waals surface area contributed by atoms with E-state index in [4.69, 9.17) is 4.74 Å². The van der Waals surface area contributed by atoms with E-state index in [1.165, 1.54) is 7.11 Å². The lowest BCUT2D eigenvalue weighted by Crippen LogP contribution is -2.35. The van der Waals surface area contributed by atoms with Crippen LogP contribution in [0.1, 0.15) is 21.4 Å². The minimum absolute atomic E-state index is 0.198. The third-order valence-corrected chi connectivity index (χ3v) is 4.01. The molecule has 1 aromatic heterocycles. The first kappa shape index (κ1) is 15.3. The number of nitrogens with one attached hydrogen (secondary N) is 1. The number of carbonyl (C=O) groups excluding carboxylic acids is 2. The van der Waals surface area contributed by atoms with Crippen LogP contribution in [0.25, 0.3) is 0 Å². The van der Waals surface area contributed by atoms with Crippen LogP contribution >= 0.6 is 11.3 Å². The highest BCUT2D eigenvalue weighted by Gasteiger charge is 2.23. The Balaban J connectivity index is 2.08. The zero-order valence-corrected chi connectivity index (χ0v) is 12.8. The highest BCUT2D eigenvalue weighted by atomic mass is 32.1. The van der Waals surface area contributed by atoms with Crippen LogP contribution in [0.3, 0.4) is 0 Å². The molecule has 1 atom stereocenters. The molecule has 0 aliphatic heterocycles. The SMILES string of the molecule is COC(=O)[C@H](NC(=O)Cc1ccc(C)s1)c1ccccc1. The number of ether oxygens (including phenoxy) is 1. The van der Waals surface area contributed by atoms with Crippen molar-refractivity contribution >= 4 is 23.2 Å². The Morgan fingerprint density at radius 3 is 2.48 bits per heavy atom. The van der Waals surface area contributed by atoms with Crippen molar-refractivity contribution in [1.29, 1.82) is 0 Å². The summed E-state index contributed by atoms with van der Waals surface area (Å²) in [6.45, 7) is 1.99. The average Bonchev–Trinajstić information content (AvgIpc) is 2.90. The standard InChI is InChI=1S/C16H17NO3S/c1-11-8-9-13(21-11)10-14(18)17-15(16(19)20-2)12-6-4-3-5-7-12/h3-9,15H,10H2,1-2H3,(H,17,18)/t15-/m1/s1. The first-order valence-electron chi connectivity index (χ1n) is 6.57. The summed E-state index contributed by atoms with van der Waals surface area (Å²) >= 11 is 1.58. The number of benzene rings is 1. The normalized spacial score (nSPS) is 11.7. The van der Waals surface area contributed by atoms with Crippen LogP contribution in [0.2, 0.25) is 0 Å². The van der Waals surface area contributed by atoms with Crippen molar-refractivity contribution in [3.05, 3.63) is 57.8 Å². The third-order valence-electron chi connectivity index (χ3n) is 3.01. The van der Waals surface area contributed by atoms with Gasteiger partial charge >= 0.3 is 5.97 Å². The molecule has 0 aliphatic rings. The van der Waals surface area contributed by atoms with E-state index >= 15 is 0 Å². The van der Waals surface area contributed by atoms with Gasteiger partial charge < -0.3 is 10.1 Å². The van der Waals surface area contributed by atoms with Gasteiger partial charge in [0.05, 0.1) is 13.5 Å². The molecule has 0 fully saturated rings. The van der Waals surface area contributed by atoms with Crippen molar-refractivity contribution < 1.29 is 14.3 Å². The second-order valence-corrected chi connectivity index (χ2v) is 6.00. The van der Waals surface area contributed by atoms with E-state index in [1.54, 1.807) is 23.5 Å². The van der Waals surface area contributed by atoms with Crippen LogP contribution < -0.4 is 5.32 Å². The van der Waals surface area contributed by atoms with Gasteiger partial charge in [-0.1, -0.05) is 30.3 Å². The van der Waals surface area contributed by atoms with Crippen LogP contribution in [-0.4, -0.2) is 19.0 Å². The van der Waals surface area contributed by atoms with Gasteiger partial charge in [-0.3, -0.25) is 4.79 Å². The predicted octanol–water partition coefficient (Wildman–Crippen LogP) is 2.63. The summed E-state index contributed by atoms with van der Waals surface area (Å²) < 4.78 is 4.77. The maximum atomic E-state index is 12.1. The molecular formula is C16H17NO3S. The van der Waals surface area contributed by atoms with E-state index in [9.17, 15) is 9.59 Å². The summed E-state index contributed by atoms with van der Waals surface area (Å²) in [5.41, 5.74) is 0.708. The molecule has 5 heteroatoms. The average molecular weight is 303 g/mol. The lowest BCUT2D eigenvalue weighted by molar-refractivity contribution is -0.145. The Kier molecular flexibility index (Phi) is 5.11. The Bertz CT molecular complexity index is 621. The minimum atomic E-state index is -0.773. The second kappa shape index (κ2) is 7.04. The van der Waals surface area contributed by atoms with Gasteiger partial charge in [0, 0.05) is 9.75 Å². The summed E-state index contributed by atoms with van der Waals surface area (Å²) in [6, 6.07) is 12.2. The topological polar surface area (TPSA) is 55.4 Å². The molecule has 0 radical (unpaired) electrons. The van der Waals surface area contributed by atoms with Gasteiger partial charge in [-0.25, -0.2) is 4.79 Å². The number of rotatable bonds is 5. The predicted molar refractivity (Wildman–Crippen MR) is 82.1 cm³/mol. The monoisotopic (exact) mass is 303 g/mol. The fraction of sp³-hybridized carbons (Fsp3) is 0.250. The first-order valence-corrected chi connectivity index (χ1v) is 7.39. The Hall–Kier alpha value is -2.14. The highest BCUT2D eigenvalue weighted by molar-refractivity contribution is 7.12. The van der Waals surface area contributed by atoms with E-state index in [0.717, 1.165) is 9.75 Å². The van der Waals surface area contributed by atoms with Gasteiger partial charge in [-0.2, -0.15) is 0 Å². The zero-order chi connectivity index (χ0) is 15.2. The van der Waals surface area contributed by atoms with E-state index < -0.39 is 12.0 Å². The zero-order valence-electron chi connectivity index (χ0n) is 12.0. The Labute approximate surface area is 127 Å². The number of esters is 1. The molecule has 2 aromatic rings. The fourth-order valence-corrected chi connectivity index (χ4v) is 2.88. The molecule has 1 heterocycles. The molecule has 0 saturated heterocycles. The lowest BCUT2D eigenvalue weighted by Gasteiger charge is -2.16. The van der Waals surface area contributed by atoms with E-state index in [2.05, 4.69) is 5.32 Å². The van der Waals surface area contributed by atoms with Crippen LogP contribution in [-0.2, 0) is 20.7 Å². The van der Waals surface area contributed by atoms with Crippen LogP contribution in [0.15, 0.2) is 42.5 Å². The molecule has 0 unspecified atom stereocenters. The number of hydrogen-bond donors (Lipinski definition) is 1. The van der Waals surface area contributed by atoms with Crippen molar-refractivity contribution in [2.75, 3.05) is 7.11 Å². The molecule has 4 nitrogen and oxygen atoms in total. The summed E-state index contributed by atoms with van der Waals surface area (Å²) in [4.78, 5) is 26.1. The van der Waals surface area contributed by atoms with E-state index in [0.29, 0.717) is 5.56 Å². The quantitative estimate of drug-likeness (QED) is 0.864. The number of aryl methyl sites for hydroxylation is 1. The molecular weight excluding hydrogens is 286 g/mol.